The van der Waals surface area contributed by atoms with E-state index in [1.807, 2.05) is 6.92 Å². The highest BCUT2D eigenvalue weighted by atomic mass is 35.5. The van der Waals surface area contributed by atoms with Gasteiger partial charge in [0, 0.05) is 29.1 Å². The molecule has 2 N–H and O–H groups in total. The van der Waals surface area contributed by atoms with Crippen LogP contribution in [0.25, 0.3) is 0 Å². The van der Waals surface area contributed by atoms with Gasteiger partial charge in [0.1, 0.15) is 5.75 Å². The zero-order valence-electron chi connectivity index (χ0n) is 18.4. The van der Waals surface area contributed by atoms with Crippen LogP contribution in [0.5, 0.6) is 5.75 Å². The van der Waals surface area contributed by atoms with E-state index in [1.54, 1.807) is 36.4 Å². The number of aliphatic carboxylic acids is 1. The van der Waals surface area contributed by atoms with Crippen molar-refractivity contribution in [2.75, 3.05) is 6.54 Å². The van der Waals surface area contributed by atoms with E-state index in [4.69, 9.17) is 33.0 Å². The van der Waals surface area contributed by atoms with E-state index in [0.29, 0.717) is 65.6 Å². The van der Waals surface area contributed by atoms with Crippen molar-refractivity contribution in [3.05, 3.63) is 63.1 Å². The molecule has 8 heteroatoms. The van der Waals surface area contributed by atoms with E-state index in [2.05, 4.69) is 5.32 Å². The smallest absolute Gasteiger partial charge is 0.306 e. The van der Waals surface area contributed by atoms with Gasteiger partial charge in [-0.05, 0) is 74.9 Å². The molecule has 1 saturated carbocycles. The number of halogens is 2. The van der Waals surface area contributed by atoms with Crippen molar-refractivity contribution in [1.82, 2.24) is 5.32 Å². The zero-order valence-corrected chi connectivity index (χ0v) is 19.9. The summed E-state index contributed by atoms with van der Waals surface area (Å²) in [7, 11) is 0. The molecule has 3 rings (SSSR count). The first-order valence-corrected chi connectivity index (χ1v) is 11.8. The van der Waals surface area contributed by atoms with Crippen LogP contribution in [0.15, 0.2) is 36.4 Å². The molecule has 1 fully saturated rings. The Morgan fingerprint density at radius 2 is 1.76 bits per heavy atom. The number of carbonyl (C=O) groups excluding carboxylic acids is 2. The quantitative estimate of drug-likeness (QED) is 0.345. The molecule has 0 bridgehead atoms. The Kier molecular flexibility index (Phi) is 8.75. The molecule has 0 spiro atoms. The Morgan fingerprint density at radius 3 is 2.39 bits per heavy atom. The van der Waals surface area contributed by atoms with E-state index in [0.717, 1.165) is 5.56 Å². The molecule has 1 aliphatic carbocycles. The summed E-state index contributed by atoms with van der Waals surface area (Å²) in [6, 6.07) is 10.1. The SMILES string of the molecule is Cc1ccc(C(=O)NCCCC(=O)c2ccc(OC3CCC(C(=O)O)CC3)cc2Cl)cc1Cl. The molecule has 0 aromatic heterocycles. The molecular formula is C25H27Cl2NO5. The van der Waals surface area contributed by atoms with Crippen LogP contribution in [-0.4, -0.2) is 35.4 Å². The van der Waals surface area contributed by atoms with Gasteiger partial charge in [0.2, 0.25) is 0 Å². The van der Waals surface area contributed by atoms with Gasteiger partial charge in [-0.3, -0.25) is 14.4 Å². The van der Waals surface area contributed by atoms with Crippen LogP contribution >= 0.6 is 23.2 Å². The Morgan fingerprint density at radius 1 is 1.03 bits per heavy atom. The maximum absolute atomic E-state index is 12.6. The van der Waals surface area contributed by atoms with E-state index in [1.165, 1.54) is 0 Å². The lowest BCUT2D eigenvalue weighted by Gasteiger charge is -2.26. The molecule has 0 atom stereocenters. The van der Waals surface area contributed by atoms with Gasteiger partial charge in [-0.15, -0.1) is 0 Å². The minimum absolute atomic E-state index is 0.0507. The van der Waals surface area contributed by atoms with Gasteiger partial charge in [-0.1, -0.05) is 29.3 Å². The number of amides is 1. The molecule has 1 amide bonds. The van der Waals surface area contributed by atoms with Crippen LogP contribution in [-0.2, 0) is 4.79 Å². The average molecular weight is 492 g/mol. The summed E-state index contributed by atoms with van der Waals surface area (Å²) >= 11 is 12.4. The standard InChI is InChI=1S/C25H27Cl2NO5/c1-15-4-5-17(13-21(15)26)24(30)28-12-2-3-23(29)20-11-10-19(14-22(20)27)33-18-8-6-16(7-9-18)25(31)32/h4-5,10-11,13-14,16,18H,2-3,6-9,12H2,1H3,(H,28,30)(H,31,32). The van der Waals surface area contributed by atoms with Crippen LogP contribution in [0, 0.1) is 12.8 Å². The van der Waals surface area contributed by atoms with Crippen molar-refractivity contribution in [2.45, 2.75) is 51.6 Å². The number of benzene rings is 2. The normalized spacial score (nSPS) is 17.9. The van der Waals surface area contributed by atoms with Gasteiger partial charge < -0.3 is 15.2 Å². The Hall–Kier alpha value is -2.57. The first-order valence-electron chi connectivity index (χ1n) is 11.0. The number of carboxylic acids is 1. The minimum Gasteiger partial charge on any atom is -0.490 e. The number of rotatable bonds is 9. The molecule has 176 valence electrons. The monoisotopic (exact) mass is 491 g/mol. The van der Waals surface area contributed by atoms with Gasteiger partial charge in [-0.25, -0.2) is 0 Å². The molecular weight excluding hydrogens is 465 g/mol. The largest absolute Gasteiger partial charge is 0.490 e. The lowest BCUT2D eigenvalue weighted by molar-refractivity contribution is -0.143. The highest BCUT2D eigenvalue weighted by molar-refractivity contribution is 6.34. The van der Waals surface area contributed by atoms with Crippen molar-refractivity contribution in [2.24, 2.45) is 5.92 Å². The highest BCUT2D eigenvalue weighted by Gasteiger charge is 2.27. The van der Waals surface area contributed by atoms with Crippen molar-refractivity contribution < 1.29 is 24.2 Å². The van der Waals surface area contributed by atoms with Crippen LogP contribution in [0.2, 0.25) is 10.0 Å². The number of carboxylic acid groups (broad SMARTS) is 1. The molecule has 6 nitrogen and oxygen atoms in total. The van der Waals surface area contributed by atoms with Crippen molar-refractivity contribution >= 4 is 40.9 Å². The van der Waals surface area contributed by atoms with Gasteiger partial charge >= 0.3 is 5.97 Å². The second-order valence-corrected chi connectivity index (χ2v) is 9.13. The van der Waals surface area contributed by atoms with Crippen LogP contribution in [0.3, 0.4) is 0 Å². The third kappa shape index (κ3) is 6.95. The Labute approximate surface area is 203 Å². The predicted molar refractivity (Wildman–Crippen MR) is 128 cm³/mol. The third-order valence-corrected chi connectivity index (χ3v) is 6.59. The topological polar surface area (TPSA) is 92.7 Å². The fourth-order valence-corrected chi connectivity index (χ4v) is 4.29. The molecule has 2 aromatic carbocycles. The van der Waals surface area contributed by atoms with E-state index < -0.39 is 5.97 Å². The fraction of sp³-hybridized carbons (Fsp3) is 0.400. The summed E-state index contributed by atoms with van der Waals surface area (Å²) in [4.78, 5) is 35.8. The number of hydrogen-bond acceptors (Lipinski definition) is 4. The van der Waals surface area contributed by atoms with E-state index in [-0.39, 0.29) is 30.1 Å². The number of carbonyl (C=O) groups is 3. The number of nitrogens with one attached hydrogen (secondary N) is 1. The van der Waals surface area contributed by atoms with Crippen LogP contribution in [0.1, 0.15) is 64.8 Å². The average Bonchev–Trinajstić information content (AvgIpc) is 2.78. The number of hydrogen-bond donors (Lipinski definition) is 2. The number of ketones is 1. The summed E-state index contributed by atoms with van der Waals surface area (Å²) < 4.78 is 5.94. The molecule has 0 unspecified atom stereocenters. The zero-order chi connectivity index (χ0) is 24.0. The summed E-state index contributed by atoms with van der Waals surface area (Å²) in [5.41, 5.74) is 1.79. The predicted octanol–water partition coefficient (Wildman–Crippen LogP) is 5.72. The van der Waals surface area contributed by atoms with E-state index in [9.17, 15) is 14.4 Å². The summed E-state index contributed by atoms with van der Waals surface area (Å²) in [5, 5.41) is 12.7. The van der Waals surface area contributed by atoms with Gasteiger partial charge in [0.05, 0.1) is 17.0 Å². The molecule has 0 aliphatic heterocycles. The second kappa shape index (κ2) is 11.5. The summed E-state index contributed by atoms with van der Waals surface area (Å²) in [5.74, 6) is -0.826. The van der Waals surface area contributed by atoms with Gasteiger partial charge in [-0.2, -0.15) is 0 Å². The summed E-state index contributed by atoms with van der Waals surface area (Å²) in [6.45, 7) is 2.22. The first-order chi connectivity index (χ1) is 15.7. The highest BCUT2D eigenvalue weighted by Crippen LogP contribution is 2.30. The Balaban J connectivity index is 1.45. The minimum atomic E-state index is -0.751. The molecule has 2 aromatic rings. The first kappa shape index (κ1) is 25.1. The lowest BCUT2D eigenvalue weighted by Crippen LogP contribution is -2.27. The summed E-state index contributed by atoms with van der Waals surface area (Å²) in [6.07, 6.45) is 3.21. The molecule has 0 radical (unpaired) electrons. The molecule has 0 heterocycles. The van der Waals surface area contributed by atoms with Crippen LogP contribution in [0.4, 0.5) is 0 Å². The number of aryl methyl sites for hydroxylation is 1. The number of ether oxygens (including phenoxy) is 1. The number of Topliss-reactive ketones (excluding diaryl/α,β-unsaturated/α-hetero) is 1. The van der Waals surface area contributed by atoms with Crippen molar-refractivity contribution in [3.63, 3.8) is 0 Å². The van der Waals surface area contributed by atoms with Crippen molar-refractivity contribution in [1.29, 1.82) is 0 Å². The lowest BCUT2D eigenvalue weighted by atomic mass is 9.87. The second-order valence-electron chi connectivity index (χ2n) is 8.32. The third-order valence-electron chi connectivity index (χ3n) is 5.87. The maximum Gasteiger partial charge on any atom is 0.306 e. The molecule has 33 heavy (non-hydrogen) atoms. The molecule has 0 saturated heterocycles. The maximum atomic E-state index is 12.6. The van der Waals surface area contributed by atoms with Gasteiger partial charge in [0.15, 0.2) is 5.78 Å². The Bertz CT molecular complexity index is 1030. The van der Waals surface area contributed by atoms with Gasteiger partial charge in [0.25, 0.3) is 5.91 Å². The van der Waals surface area contributed by atoms with Crippen LogP contribution < -0.4 is 10.1 Å². The van der Waals surface area contributed by atoms with Crippen molar-refractivity contribution in [3.8, 4) is 5.75 Å². The fourth-order valence-electron chi connectivity index (χ4n) is 3.84. The molecule has 1 aliphatic rings. The van der Waals surface area contributed by atoms with E-state index >= 15 is 0 Å².